The molecule has 0 aliphatic carbocycles. The zero-order chi connectivity index (χ0) is 12.3. The van der Waals surface area contributed by atoms with Gasteiger partial charge in [0.2, 0.25) is 5.96 Å². The van der Waals surface area contributed by atoms with E-state index in [1.807, 2.05) is 0 Å². The molecule has 0 heterocycles. The summed E-state index contributed by atoms with van der Waals surface area (Å²) in [5.41, 5.74) is 4.89. The Labute approximate surface area is 93.5 Å². The molecule has 16 heavy (non-hydrogen) atoms. The molecular weight excluding hydrogens is 247 g/mol. The van der Waals surface area contributed by atoms with Crippen molar-refractivity contribution in [1.29, 1.82) is 0 Å². The van der Waals surface area contributed by atoms with Gasteiger partial charge in [0.15, 0.2) is 0 Å². The van der Waals surface area contributed by atoms with Gasteiger partial charge in [-0.1, -0.05) is 17.7 Å². The van der Waals surface area contributed by atoms with Crippen LogP contribution in [0.1, 0.15) is 5.56 Å². The van der Waals surface area contributed by atoms with Gasteiger partial charge in [-0.15, -0.1) is 0 Å². The number of alkyl halides is 3. The number of rotatable bonds is 1. The minimum Gasteiger partial charge on any atom is -0.368 e. The number of nitrogens with one attached hydrogen (secondary N) is 1. The van der Waals surface area contributed by atoms with Gasteiger partial charge in [0, 0.05) is 0 Å². The van der Waals surface area contributed by atoms with E-state index in [4.69, 9.17) is 22.5 Å². The average molecular weight is 254 g/mol. The van der Waals surface area contributed by atoms with Crippen LogP contribution in [0.4, 0.5) is 18.9 Å². The maximum absolute atomic E-state index is 12.5. The van der Waals surface area contributed by atoms with Gasteiger partial charge < -0.3 is 5.73 Å². The summed E-state index contributed by atoms with van der Waals surface area (Å²) in [5, 5.41) is 8.14. The van der Waals surface area contributed by atoms with Crippen LogP contribution in [0.3, 0.4) is 0 Å². The molecule has 1 aromatic rings. The predicted octanol–water partition coefficient (Wildman–Crippen LogP) is 2.28. The molecule has 0 aliphatic rings. The van der Waals surface area contributed by atoms with Crippen molar-refractivity contribution in [2.45, 2.75) is 6.18 Å². The van der Waals surface area contributed by atoms with E-state index in [1.54, 1.807) is 0 Å². The molecule has 1 rings (SSSR count). The van der Waals surface area contributed by atoms with Crippen molar-refractivity contribution in [3.63, 3.8) is 0 Å². The lowest BCUT2D eigenvalue weighted by Gasteiger charge is -2.11. The van der Waals surface area contributed by atoms with Crippen LogP contribution in [-0.4, -0.2) is 11.2 Å². The number of nitrogens with two attached hydrogens (primary N) is 1. The Hall–Kier alpha value is -1.47. The van der Waals surface area contributed by atoms with Crippen LogP contribution in [0, 0.1) is 0 Å². The summed E-state index contributed by atoms with van der Waals surface area (Å²) in [5.74, 6) is -0.585. The molecule has 0 fully saturated rings. The van der Waals surface area contributed by atoms with E-state index < -0.39 is 23.4 Å². The number of para-hydroxylation sites is 1. The highest BCUT2D eigenvalue weighted by Gasteiger charge is 2.34. The maximum Gasteiger partial charge on any atom is 0.418 e. The van der Waals surface area contributed by atoms with Gasteiger partial charge in [0.25, 0.3) is 0 Å². The number of halogens is 4. The van der Waals surface area contributed by atoms with Gasteiger partial charge >= 0.3 is 6.18 Å². The first-order valence-electron chi connectivity index (χ1n) is 3.96. The summed E-state index contributed by atoms with van der Waals surface area (Å²) in [6.07, 6.45) is -4.60. The van der Waals surface area contributed by atoms with Crippen LogP contribution in [0.2, 0.25) is 5.02 Å². The number of benzene rings is 1. The van der Waals surface area contributed by atoms with Crippen molar-refractivity contribution in [2.75, 3.05) is 0 Å². The minimum atomic E-state index is -4.60. The molecule has 0 radical (unpaired) electrons. The molecule has 0 amide bonds. The molecule has 0 atom stereocenters. The molecular formula is C8H7ClF3N3O. The highest BCUT2D eigenvalue weighted by molar-refractivity contribution is 6.33. The van der Waals surface area contributed by atoms with Crippen molar-refractivity contribution in [2.24, 2.45) is 10.7 Å². The van der Waals surface area contributed by atoms with Crippen LogP contribution < -0.4 is 11.2 Å². The average Bonchev–Trinajstić information content (AvgIpc) is 2.19. The first kappa shape index (κ1) is 12.6. The molecule has 88 valence electrons. The van der Waals surface area contributed by atoms with Crippen LogP contribution in [0.25, 0.3) is 0 Å². The molecule has 0 aromatic heterocycles. The second kappa shape index (κ2) is 4.58. The zero-order valence-electron chi connectivity index (χ0n) is 7.72. The highest BCUT2D eigenvalue weighted by Crippen LogP contribution is 2.39. The lowest BCUT2D eigenvalue weighted by molar-refractivity contribution is -0.137. The van der Waals surface area contributed by atoms with Crippen LogP contribution >= 0.6 is 11.6 Å². The van der Waals surface area contributed by atoms with Gasteiger partial charge in [0.05, 0.1) is 16.3 Å². The van der Waals surface area contributed by atoms with E-state index in [9.17, 15) is 13.2 Å². The summed E-state index contributed by atoms with van der Waals surface area (Å²) in [6, 6.07) is 3.20. The molecule has 0 unspecified atom stereocenters. The van der Waals surface area contributed by atoms with E-state index in [-0.39, 0.29) is 5.02 Å². The second-order valence-electron chi connectivity index (χ2n) is 2.74. The Morgan fingerprint density at radius 3 is 2.56 bits per heavy atom. The van der Waals surface area contributed by atoms with Gasteiger partial charge in [-0.2, -0.15) is 13.2 Å². The Morgan fingerprint density at radius 2 is 2.06 bits per heavy atom. The van der Waals surface area contributed by atoms with E-state index >= 15 is 0 Å². The standard InChI is InChI=1S/C8H7ClF3N3O/c9-5-3-1-2-4(8(10,11)12)6(5)14-7(13)15-16/h1-3,16H,(H3,13,14,15). The quantitative estimate of drug-likeness (QED) is 0.408. The molecule has 0 spiro atoms. The second-order valence-corrected chi connectivity index (χ2v) is 3.15. The molecule has 4 nitrogen and oxygen atoms in total. The lowest BCUT2D eigenvalue weighted by Crippen LogP contribution is -2.28. The summed E-state index contributed by atoms with van der Waals surface area (Å²) >= 11 is 5.56. The monoisotopic (exact) mass is 253 g/mol. The van der Waals surface area contributed by atoms with Crippen LogP contribution in [0.15, 0.2) is 23.2 Å². The maximum atomic E-state index is 12.5. The van der Waals surface area contributed by atoms with Crippen LogP contribution in [-0.2, 0) is 6.18 Å². The SMILES string of the molecule is NC(=Nc1c(Cl)cccc1C(F)(F)F)NO. The number of hydrogen-bond donors (Lipinski definition) is 3. The first-order chi connectivity index (χ1) is 7.36. The van der Waals surface area contributed by atoms with Gasteiger partial charge in [-0.05, 0) is 12.1 Å². The van der Waals surface area contributed by atoms with Crippen molar-refractivity contribution in [3.05, 3.63) is 28.8 Å². The van der Waals surface area contributed by atoms with E-state index in [2.05, 4.69) is 4.99 Å². The first-order valence-corrected chi connectivity index (χ1v) is 4.34. The third-order valence-electron chi connectivity index (χ3n) is 1.64. The largest absolute Gasteiger partial charge is 0.418 e. The molecule has 0 aliphatic heterocycles. The normalized spacial score (nSPS) is 12.7. The van der Waals surface area contributed by atoms with Crippen molar-refractivity contribution < 1.29 is 18.4 Å². The van der Waals surface area contributed by atoms with Crippen molar-refractivity contribution in [3.8, 4) is 0 Å². The summed E-state index contributed by atoms with van der Waals surface area (Å²) in [4.78, 5) is 3.32. The fourth-order valence-corrected chi connectivity index (χ4v) is 1.22. The fraction of sp³-hybridized carbons (Fsp3) is 0.125. The Kier molecular flexibility index (Phi) is 3.61. The number of aliphatic imine (C=N–C) groups is 1. The molecule has 8 heteroatoms. The van der Waals surface area contributed by atoms with E-state index in [0.29, 0.717) is 0 Å². The third-order valence-corrected chi connectivity index (χ3v) is 1.94. The van der Waals surface area contributed by atoms with Gasteiger partial charge in [0.1, 0.15) is 0 Å². The summed E-state index contributed by atoms with van der Waals surface area (Å²) < 4.78 is 37.6. The Bertz CT molecular complexity index is 419. The topological polar surface area (TPSA) is 70.6 Å². The third kappa shape index (κ3) is 2.77. The number of guanidine groups is 1. The van der Waals surface area contributed by atoms with Crippen LogP contribution in [0.5, 0.6) is 0 Å². The Balaban J connectivity index is 3.36. The number of hydrogen-bond acceptors (Lipinski definition) is 2. The smallest absolute Gasteiger partial charge is 0.368 e. The summed E-state index contributed by atoms with van der Waals surface area (Å²) in [6.45, 7) is 0. The molecule has 1 aromatic carbocycles. The lowest BCUT2D eigenvalue weighted by atomic mass is 10.2. The molecule has 4 N–H and O–H groups in total. The number of hydroxylamine groups is 1. The van der Waals surface area contributed by atoms with Crippen molar-refractivity contribution >= 4 is 23.2 Å². The zero-order valence-corrected chi connectivity index (χ0v) is 8.47. The van der Waals surface area contributed by atoms with Crippen molar-refractivity contribution in [1.82, 2.24) is 5.48 Å². The molecule has 0 bridgehead atoms. The minimum absolute atomic E-state index is 0.215. The van der Waals surface area contributed by atoms with Gasteiger partial charge in [-0.3, -0.25) is 5.21 Å². The Morgan fingerprint density at radius 1 is 1.44 bits per heavy atom. The summed E-state index contributed by atoms with van der Waals surface area (Å²) in [7, 11) is 0. The van der Waals surface area contributed by atoms with E-state index in [0.717, 1.165) is 12.1 Å². The molecule has 0 saturated carbocycles. The number of nitrogens with zero attached hydrogens (tertiary/aromatic N) is 1. The fourth-order valence-electron chi connectivity index (χ4n) is 1.00. The van der Waals surface area contributed by atoms with E-state index in [1.165, 1.54) is 11.5 Å². The highest BCUT2D eigenvalue weighted by atomic mass is 35.5. The predicted molar refractivity (Wildman–Crippen MR) is 52.7 cm³/mol. The van der Waals surface area contributed by atoms with Gasteiger partial charge in [-0.25, -0.2) is 10.5 Å². The molecule has 0 saturated heterocycles.